The van der Waals surface area contributed by atoms with E-state index in [0.29, 0.717) is 6.04 Å². The normalized spacial score (nSPS) is 16.9. The molecule has 0 amide bonds. The van der Waals surface area contributed by atoms with Crippen LogP contribution >= 0.6 is 0 Å². The first-order chi connectivity index (χ1) is 8.84. The largest absolute Gasteiger partial charge is 0.266 e. The van der Waals surface area contributed by atoms with Gasteiger partial charge in [-0.1, -0.05) is 49.6 Å². The van der Waals surface area contributed by atoms with Gasteiger partial charge in [0, 0.05) is 11.3 Å². The van der Waals surface area contributed by atoms with Crippen LogP contribution in [0.4, 0.5) is 0 Å². The number of aryl methyl sites for hydroxylation is 1. The summed E-state index contributed by atoms with van der Waals surface area (Å²) in [6, 6.07) is 13.3. The van der Waals surface area contributed by atoms with Gasteiger partial charge in [0.25, 0.3) is 0 Å². The van der Waals surface area contributed by atoms with Gasteiger partial charge in [-0.25, -0.2) is 0 Å². The molecule has 2 aromatic rings. The predicted molar refractivity (Wildman–Crippen MR) is 74.5 cm³/mol. The number of benzene rings is 1. The van der Waals surface area contributed by atoms with Gasteiger partial charge in [0.1, 0.15) is 0 Å². The molecule has 1 aromatic carbocycles. The van der Waals surface area contributed by atoms with Crippen LogP contribution < -0.4 is 0 Å². The fraction of sp³-hybridized carbons (Fsp3) is 0.438. The molecule has 18 heavy (non-hydrogen) atoms. The average Bonchev–Trinajstić information content (AvgIpc) is 2.83. The zero-order chi connectivity index (χ0) is 12.4. The Morgan fingerprint density at radius 2 is 1.78 bits per heavy atom. The third kappa shape index (κ3) is 2.20. The molecule has 2 nitrogen and oxygen atoms in total. The zero-order valence-electron chi connectivity index (χ0n) is 11.0. The van der Waals surface area contributed by atoms with Crippen LogP contribution in [0.1, 0.15) is 43.8 Å². The van der Waals surface area contributed by atoms with Gasteiger partial charge in [-0.15, -0.1) is 0 Å². The third-order valence-corrected chi connectivity index (χ3v) is 3.91. The molecule has 1 saturated carbocycles. The summed E-state index contributed by atoms with van der Waals surface area (Å²) in [5, 5.41) is 4.82. The molecule has 3 rings (SSSR count). The molecule has 0 aliphatic heterocycles. The number of hydrogen-bond donors (Lipinski definition) is 0. The second-order valence-corrected chi connectivity index (χ2v) is 5.27. The molecule has 0 radical (unpaired) electrons. The Hall–Kier alpha value is -1.57. The molecule has 0 saturated heterocycles. The summed E-state index contributed by atoms with van der Waals surface area (Å²) in [6.07, 6.45) is 6.67. The van der Waals surface area contributed by atoms with Crippen LogP contribution in [0.15, 0.2) is 36.4 Å². The topological polar surface area (TPSA) is 17.8 Å². The summed E-state index contributed by atoms with van der Waals surface area (Å²) >= 11 is 0. The molecule has 0 atom stereocenters. The summed E-state index contributed by atoms with van der Waals surface area (Å²) in [6.45, 7) is 2.17. The van der Waals surface area contributed by atoms with Crippen LogP contribution in [-0.4, -0.2) is 9.78 Å². The first-order valence-electron chi connectivity index (χ1n) is 6.96. The van der Waals surface area contributed by atoms with Crippen molar-refractivity contribution in [2.24, 2.45) is 0 Å². The lowest BCUT2D eigenvalue weighted by molar-refractivity contribution is 0.325. The molecule has 1 aliphatic carbocycles. The zero-order valence-corrected chi connectivity index (χ0v) is 11.0. The molecule has 1 fully saturated rings. The van der Waals surface area contributed by atoms with Crippen molar-refractivity contribution in [3.8, 4) is 11.3 Å². The quantitative estimate of drug-likeness (QED) is 0.762. The minimum atomic E-state index is 0.621. The Labute approximate surface area is 109 Å². The Bertz CT molecular complexity index is 507. The van der Waals surface area contributed by atoms with E-state index >= 15 is 0 Å². The summed E-state index contributed by atoms with van der Waals surface area (Å²) in [5.41, 5.74) is 3.62. The first kappa shape index (κ1) is 11.5. The molecule has 1 aliphatic rings. The number of hydrogen-bond acceptors (Lipinski definition) is 1. The van der Waals surface area contributed by atoms with Crippen LogP contribution in [0, 0.1) is 6.92 Å². The van der Waals surface area contributed by atoms with Gasteiger partial charge in [0.15, 0.2) is 0 Å². The van der Waals surface area contributed by atoms with Crippen molar-refractivity contribution < 1.29 is 0 Å². The fourth-order valence-electron chi connectivity index (χ4n) is 2.93. The van der Waals surface area contributed by atoms with E-state index < -0.39 is 0 Å². The van der Waals surface area contributed by atoms with E-state index in [0.717, 1.165) is 5.69 Å². The average molecular weight is 240 g/mol. The lowest BCUT2D eigenvalue weighted by Crippen LogP contribution is -2.15. The van der Waals surface area contributed by atoms with E-state index in [2.05, 4.69) is 48.0 Å². The molecular weight excluding hydrogens is 220 g/mol. The summed E-state index contributed by atoms with van der Waals surface area (Å²) in [5.74, 6) is 0. The van der Waals surface area contributed by atoms with E-state index in [-0.39, 0.29) is 0 Å². The van der Waals surface area contributed by atoms with Gasteiger partial charge in [0.05, 0.1) is 11.7 Å². The van der Waals surface area contributed by atoms with Gasteiger partial charge in [-0.2, -0.15) is 5.10 Å². The lowest BCUT2D eigenvalue weighted by atomic mass is 9.95. The molecule has 1 aromatic heterocycles. The Morgan fingerprint density at radius 1 is 1.06 bits per heavy atom. The Kier molecular flexibility index (Phi) is 3.18. The number of nitrogens with zero attached hydrogens (tertiary/aromatic N) is 2. The first-order valence-corrected chi connectivity index (χ1v) is 6.96. The SMILES string of the molecule is Cc1cc(-c2ccccc2)nn1C1CCCCC1. The highest BCUT2D eigenvalue weighted by Gasteiger charge is 2.18. The molecule has 94 valence electrons. The van der Waals surface area contributed by atoms with Crippen molar-refractivity contribution in [1.29, 1.82) is 0 Å². The maximum Gasteiger partial charge on any atom is 0.0926 e. The maximum absolute atomic E-state index is 4.82. The van der Waals surface area contributed by atoms with Gasteiger partial charge >= 0.3 is 0 Å². The smallest absolute Gasteiger partial charge is 0.0926 e. The van der Waals surface area contributed by atoms with Crippen molar-refractivity contribution >= 4 is 0 Å². The van der Waals surface area contributed by atoms with Crippen LogP contribution in [0.25, 0.3) is 11.3 Å². The van der Waals surface area contributed by atoms with Crippen LogP contribution in [-0.2, 0) is 0 Å². The molecular formula is C16H20N2. The van der Waals surface area contributed by atoms with Crippen LogP contribution in [0.2, 0.25) is 0 Å². The highest BCUT2D eigenvalue weighted by Crippen LogP contribution is 2.30. The molecule has 0 unspecified atom stereocenters. The van der Waals surface area contributed by atoms with Crippen LogP contribution in [0.5, 0.6) is 0 Å². The second-order valence-electron chi connectivity index (χ2n) is 5.27. The summed E-state index contributed by atoms with van der Waals surface area (Å²) < 4.78 is 2.25. The lowest BCUT2D eigenvalue weighted by Gasteiger charge is -2.23. The molecule has 1 heterocycles. The fourth-order valence-corrected chi connectivity index (χ4v) is 2.93. The Morgan fingerprint density at radius 3 is 2.50 bits per heavy atom. The van der Waals surface area contributed by atoms with Crippen molar-refractivity contribution in [2.75, 3.05) is 0 Å². The number of aromatic nitrogens is 2. The molecule has 2 heteroatoms. The van der Waals surface area contributed by atoms with Gasteiger partial charge in [-0.05, 0) is 25.8 Å². The summed E-state index contributed by atoms with van der Waals surface area (Å²) in [4.78, 5) is 0. The van der Waals surface area contributed by atoms with Crippen molar-refractivity contribution in [3.63, 3.8) is 0 Å². The summed E-state index contributed by atoms with van der Waals surface area (Å²) in [7, 11) is 0. The second kappa shape index (κ2) is 4.97. The van der Waals surface area contributed by atoms with E-state index in [1.807, 2.05) is 0 Å². The van der Waals surface area contributed by atoms with Gasteiger partial charge in [0.2, 0.25) is 0 Å². The van der Waals surface area contributed by atoms with Gasteiger partial charge < -0.3 is 0 Å². The van der Waals surface area contributed by atoms with Crippen molar-refractivity contribution in [3.05, 3.63) is 42.1 Å². The van der Waals surface area contributed by atoms with E-state index in [4.69, 9.17) is 5.10 Å². The molecule has 0 spiro atoms. The minimum absolute atomic E-state index is 0.621. The highest BCUT2D eigenvalue weighted by atomic mass is 15.3. The van der Waals surface area contributed by atoms with E-state index in [1.54, 1.807) is 0 Å². The van der Waals surface area contributed by atoms with Crippen molar-refractivity contribution in [2.45, 2.75) is 45.1 Å². The Balaban J connectivity index is 1.91. The monoisotopic (exact) mass is 240 g/mol. The minimum Gasteiger partial charge on any atom is -0.266 e. The highest BCUT2D eigenvalue weighted by molar-refractivity contribution is 5.59. The van der Waals surface area contributed by atoms with E-state index in [9.17, 15) is 0 Å². The van der Waals surface area contributed by atoms with E-state index in [1.165, 1.54) is 43.4 Å². The maximum atomic E-state index is 4.82. The number of rotatable bonds is 2. The van der Waals surface area contributed by atoms with Gasteiger partial charge in [-0.3, -0.25) is 4.68 Å². The predicted octanol–water partition coefficient (Wildman–Crippen LogP) is 4.36. The van der Waals surface area contributed by atoms with Crippen molar-refractivity contribution in [1.82, 2.24) is 9.78 Å². The van der Waals surface area contributed by atoms with Crippen LogP contribution in [0.3, 0.4) is 0 Å². The molecule has 0 bridgehead atoms. The molecule has 0 N–H and O–H groups in total. The third-order valence-electron chi connectivity index (χ3n) is 3.91. The standard InChI is InChI=1S/C16H20N2/c1-13-12-16(14-8-4-2-5-9-14)17-18(13)15-10-6-3-7-11-15/h2,4-5,8-9,12,15H,3,6-7,10-11H2,1H3.